The fourth-order valence-corrected chi connectivity index (χ4v) is 1.09. The molecule has 0 fully saturated rings. The SMILES string of the molecule is C/C=C/CCn1c(O)cc(=O)[nH]c1=O. The topological polar surface area (TPSA) is 75.1 Å². The van der Waals surface area contributed by atoms with E-state index in [1.165, 1.54) is 0 Å². The van der Waals surface area contributed by atoms with Gasteiger partial charge in [-0.15, -0.1) is 0 Å². The Hall–Kier alpha value is -1.78. The number of hydrogen-bond donors (Lipinski definition) is 2. The summed E-state index contributed by atoms with van der Waals surface area (Å²) in [4.78, 5) is 24.0. The second-order valence-corrected chi connectivity index (χ2v) is 2.81. The average molecular weight is 196 g/mol. The first kappa shape index (κ1) is 10.3. The number of nitrogens with zero attached hydrogens (tertiary/aromatic N) is 1. The molecule has 0 radical (unpaired) electrons. The number of aromatic amines is 1. The highest BCUT2D eigenvalue weighted by molar-refractivity contribution is 5.05. The molecule has 0 aliphatic heterocycles. The summed E-state index contributed by atoms with van der Waals surface area (Å²) in [5, 5.41) is 9.29. The van der Waals surface area contributed by atoms with Crippen LogP contribution in [0.5, 0.6) is 5.88 Å². The van der Waals surface area contributed by atoms with E-state index in [9.17, 15) is 14.7 Å². The predicted octanol–water partition coefficient (Wildman–Crippen LogP) is 0.208. The van der Waals surface area contributed by atoms with Gasteiger partial charge in [0.2, 0.25) is 5.88 Å². The molecule has 0 atom stereocenters. The predicted molar refractivity (Wildman–Crippen MR) is 52.4 cm³/mol. The van der Waals surface area contributed by atoms with Gasteiger partial charge in [-0.2, -0.15) is 0 Å². The molecule has 0 unspecified atom stereocenters. The minimum Gasteiger partial charge on any atom is -0.494 e. The normalized spacial score (nSPS) is 10.9. The molecule has 0 aliphatic carbocycles. The first-order valence-corrected chi connectivity index (χ1v) is 4.29. The van der Waals surface area contributed by atoms with Crippen molar-refractivity contribution < 1.29 is 5.11 Å². The molecule has 5 nitrogen and oxygen atoms in total. The smallest absolute Gasteiger partial charge is 0.331 e. The van der Waals surface area contributed by atoms with E-state index in [0.29, 0.717) is 13.0 Å². The van der Waals surface area contributed by atoms with E-state index in [4.69, 9.17) is 0 Å². The average Bonchev–Trinajstić information content (AvgIpc) is 2.09. The van der Waals surface area contributed by atoms with Gasteiger partial charge < -0.3 is 5.11 Å². The quantitative estimate of drug-likeness (QED) is 0.678. The number of nitrogens with one attached hydrogen (secondary N) is 1. The van der Waals surface area contributed by atoms with Crippen LogP contribution in [-0.4, -0.2) is 14.7 Å². The summed E-state index contributed by atoms with van der Waals surface area (Å²) in [6, 6.07) is 0.983. The van der Waals surface area contributed by atoms with Crippen molar-refractivity contribution in [1.29, 1.82) is 0 Å². The zero-order valence-electron chi connectivity index (χ0n) is 7.86. The highest BCUT2D eigenvalue weighted by Crippen LogP contribution is 2.01. The van der Waals surface area contributed by atoms with Crippen molar-refractivity contribution in [3.63, 3.8) is 0 Å². The van der Waals surface area contributed by atoms with Crippen molar-refractivity contribution in [2.45, 2.75) is 19.9 Å². The molecule has 0 aliphatic rings. The Bertz CT molecular complexity index is 442. The van der Waals surface area contributed by atoms with E-state index >= 15 is 0 Å². The highest BCUT2D eigenvalue weighted by atomic mass is 16.3. The Kier molecular flexibility index (Phi) is 3.28. The van der Waals surface area contributed by atoms with Gasteiger partial charge in [0.05, 0.1) is 6.07 Å². The Morgan fingerprint density at radius 2 is 2.29 bits per heavy atom. The molecule has 0 spiro atoms. The second-order valence-electron chi connectivity index (χ2n) is 2.81. The second kappa shape index (κ2) is 4.45. The molecule has 1 aromatic heterocycles. The Labute approximate surface area is 80.3 Å². The van der Waals surface area contributed by atoms with Gasteiger partial charge in [-0.05, 0) is 13.3 Å². The molecule has 0 amide bonds. The summed E-state index contributed by atoms with van der Waals surface area (Å²) in [6.45, 7) is 2.22. The third-order valence-electron chi connectivity index (χ3n) is 1.77. The lowest BCUT2D eigenvalue weighted by atomic mass is 10.4. The summed E-state index contributed by atoms with van der Waals surface area (Å²) >= 11 is 0. The minimum absolute atomic E-state index is 0.303. The van der Waals surface area contributed by atoms with Crippen molar-refractivity contribution >= 4 is 0 Å². The molecule has 1 rings (SSSR count). The Morgan fingerprint density at radius 1 is 1.57 bits per heavy atom. The monoisotopic (exact) mass is 196 g/mol. The fraction of sp³-hybridized carbons (Fsp3) is 0.333. The van der Waals surface area contributed by atoms with E-state index in [1.807, 2.05) is 19.1 Å². The van der Waals surface area contributed by atoms with Crippen LogP contribution in [0.2, 0.25) is 0 Å². The molecule has 0 bridgehead atoms. The van der Waals surface area contributed by atoms with Crippen molar-refractivity contribution in [3.8, 4) is 5.88 Å². The summed E-state index contributed by atoms with van der Waals surface area (Å²) in [6.07, 6.45) is 4.36. The van der Waals surface area contributed by atoms with E-state index in [-0.39, 0.29) is 5.88 Å². The van der Waals surface area contributed by atoms with Gasteiger partial charge in [0.25, 0.3) is 5.56 Å². The van der Waals surface area contributed by atoms with Gasteiger partial charge in [0.15, 0.2) is 0 Å². The molecular weight excluding hydrogens is 184 g/mol. The van der Waals surface area contributed by atoms with Crippen LogP contribution in [0.3, 0.4) is 0 Å². The lowest BCUT2D eigenvalue weighted by molar-refractivity contribution is 0.401. The number of aromatic hydroxyl groups is 1. The fourth-order valence-electron chi connectivity index (χ4n) is 1.09. The van der Waals surface area contributed by atoms with Crippen LogP contribution < -0.4 is 11.2 Å². The first-order chi connectivity index (χ1) is 6.65. The van der Waals surface area contributed by atoms with Crippen molar-refractivity contribution in [1.82, 2.24) is 9.55 Å². The maximum absolute atomic E-state index is 11.2. The van der Waals surface area contributed by atoms with Crippen LogP contribution in [-0.2, 0) is 6.54 Å². The maximum Gasteiger partial charge on any atom is 0.331 e. The third kappa shape index (κ3) is 2.35. The maximum atomic E-state index is 11.2. The van der Waals surface area contributed by atoms with Gasteiger partial charge in [-0.1, -0.05) is 12.2 Å². The van der Waals surface area contributed by atoms with Crippen molar-refractivity contribution in [3.05, 3.63) is 39.1 Å². The van der Waals surface area contributed by atoms with E-state index in [2.05, 4.69) is 4.98 Å². The van der Waals surface area contributed by atoms with Gasteiger partial charge >= 0.3 is 5.69 Å². The molecule has 14 heavy (non-hydrogen) atoms. The first-order valence-electron chi connectivity index (χ1n) is 4.29. The zero-order chi connectivity index (χ0) is 10.6. The molecule has 0 aromatic carbocycles. The lowest BCUT2D eigenvalue weighted by Crippen LogP contribution is -2.29. The van der Waals surface area contributed by atoms with Gasteiger partial charge in [0, 0.05) is 6.54 Å². The molecule has 0 saturated carbocycles. The van der Waals surface area contributed by atoms with Gasteiger partial charge in [0.1, 0.15) is 0 Å². The lowest BCUT2D eigenvalue weighted by Gasteiger charge is -2.04. The molecule has 5 heteroatoms. The summed E-state index contributed by atoms with van der Waals surface area (Å²) in [5.74, 6) is -0.303. The van der Waals surface area contributed by atoms with Crippen molar-refractivity contribution in [2.24, 2.45) is 0 Å². The number of rotatable bonds is 3. The van der Waals surface area contributed by atoms with Crippen LogP contribution in [0.25, 0.3) is 0 Å². The zero-order valence-corrected chi connectivity index (χ0v) is 7.86. The molecule has 76 valence electrons. The van der Waals surface area contributed by atoms with Crippen molar-refractivity contribution in [2.75, 3.05) is 0 Å². The number of aromatic nitrogens is 2. The number of hydrogen-bond acceptors (Lipinski definition) is 3. The van der Waals surface area contributed by atoms with Crippen LogP contribution >= 0.6 is 0 Å². The largest absolute Gasteiger partial charge is 0.494 e. The molecule has 1 heterocycles. The molecule has 0 saturated heterocycles. The highest BCUT2D eigenvalue weighted by Gasteiger charge is 2.02. The van der Waals surface area contributed by atoms with E-state index < -0.39 is 11.2 Å². The summed E-state index contributed by atoms with van der Waals surface area (Å²) in [7, 11) is 0. The molecule has 1 aromatic rings. The van der Waals surface area contributed by atoms with Gasteiger partial charge in [-0.25, -0.2) is 4.79 Å². The standard InChI is InChI=1S/C9H12N2O3/c1-2-3-4-5-11-8(13)6-7(12)10-9(11)14/h2-3,6,13H,4-5H2,1H3,(H,10,12,14)/b3-2+. The van der Waals surface area contributed by atoms with Gasteiger partial charge in [-0.3, -0.25) is 14.3 Å². The molecular formula is C9H12N2O3. The van der Waals surface area contributed by atoms with Crippen LogP contribution in [0.4, 0.5) is 0 Å². The minimum atomic E-state index is -0.588. The van der Waals surface area contributed by atoms with Crippen LogP contribution in [0, 0.1) is 0 Å². The Balaban J connectivity index is 2.97. The molecule has 2 N–H and O–H groups in total. The Morgan fingerprint density at radius 3 is 2.86 bits per heavy atom. The number of allylic oxidation sites excluding steroid dienone is 2. The van der Waals surface area contributed by atoms with E-state index in [0.717, 1.165) is 10.6 Å². The number of H-pyrrole nitrogens is 1. The third-order valence-corrected chi connectivity index (χ3v) is 1.77. The summed E-state index contributed by atoms with van der Waals surface area (Å²) in [5.41, 5.74) is -1.17. The van der Waals surface area contributed by atoms with Crippen LogP contribution in [0.1, 0.15) is 13.3 Å². The van der Waals surface area contributed by atoms with E-state index in [1.54, 1.807) is 0 Å². The van der Waals surface area contributed by atoms with Crippen LogP contribution in [0.15, 0.2) is 27.8 Å². The summed E-state index contributed by atoms with van der Waals surface area (Å²) < 4.78 is 1.11.